The second-order valence-corrected chi connectivity index (χ2v) is 3.58. The van der Waals surface area contributed by atoms with E-state index in [1.807, 2.05) is 0 Å². The van der Waals surface area contributed by atoms with Crippen LogP contribution < -0.4 is 0 Å². The van der Waals surface area contributed by atoms with Gasteiger partial charge in [-0.2, -0.15) is 13.2 Å². The predicted molar refractivity (Wildman–Crippen MR) is 54.6 cm³/mol. The van der Waals surface area contributed by atoms with E-state index >= 15 is 0 Å². The quantitative estimate of drug-likeness (QED) is 0.791. The number of esters is 1. The van der Waals surface area contributed by atoms with Crippen molar-refractivity contribution in [2.75, 3.05) is 6.61 Å². The van der Waals surface area contributed by atoms with Gasteiger partial charge in [-0.05, 0) is 18.6 Å². The average molecular weight is 268 g/mol. The lowest BCUT2D eigenvalue weighted by Crippen LogP contribution is -2.16. The molecule has 0 saturated heterocycles. The van der Waals surface area contributed by atoms with Crippen LogP contribution in [0.5, 0.6) is 0 Å². The van der Waals surface area contributed by atoms with Crippen LogP contribution in [0.2, 0.25) is 5.02 Å². The van der Waals surface area contributed by atoms with Crippen molar-refractivity contribution in [3.63, 3.8) is 0 Å². The van der Waals surface area contributed by atoms with Gasteiger partial charge in [0.2, 0.25) is 0 Å². The largest absolute Gasteiger partial charge is 0.466 e. The van der Waals surface area contributed by atoms with Gasteiger partial charge in [-0.25, -0.2) is 4.98 Å². The summed E-state index contributed by atoms with van der Waals surface area (Å²) in [5, 5.41) is 0.0392. The summed E-state index contributed by atoms with van der Waals surface area (Å²) < 4.78 is 42.3. The fourth-order valence-electron chi connectivity index (χ4n) is 1.24. The second kappa shape index (κ2) is 5.35. The molecule has 0 saturated carbocycles. The van der Waals surface area contributed by atoms with Crippen molar-refractivity contribution in [2.24, 2.45) is 0 Å². The summed E-state index contributed by atoms with van der Waals surface area (Å²) in [5.74, 6) is -0.748. The Morgan fingerprint density at radius 2 is 2.18 bits per heavy atom. The van der Waals surface area contributed by atoms with Crippen LogP contribution in [0.15, 0.2) is 12.3 Å². The zero-order valence-corrected chi connectivity index (χ0v) is 9.60. The van der Waals surface area contributed by atoms with Gasteiger partial charge in [0.1, 0.15) is 5.69 Å². The number of aromatic nitrogens is 1. The lowest BCUT2D eigenvalue weighted by molar-refractivity contribution is -0.144. The highest BCUT2D eigenvalue weighted by molar-refractivity contribution is 6.30. The summed E-state index contributed by atoms with van der Waals surface area (Å²) in [4.78, 5) is 14.3. The van der Waals surface area contributed by atoms with E-state index in [0.717, 1.165) is 12.3 Å². The Kier molecular flexibility index (Phi) is 4.34. The molecule has 1 aromatic rings. The highest BCUT2D eigenvalue weighted by Gasteiger charge is 2.35. The second-order valence-electron chi connectivity index (χ2n) is 3.14. The third-order valence-corrected chi connectivity index (χ3v) is 2.05. The monoisotopic (exact) mass is 267 g/mol. The van der Waals surface area contributed by atoms with Crippen LogP contribution in [0.1, 0.15) is 18.2 Å². The number of alkyl halides is 3. The molecule has 0 aromatic carbocycles. The average Bonchev–Trinajstić information content (AvgIpc) is 2.15. The van der Waals surface area contributed by atoms with Crippen molar-refractivity contribution in [3.8, 4) is 0 Å². The molecule has 0 aliphatic carbocycles. The molecule has 0 spiro atoms. The van der Waals surface area contributed by atoms with E-state index < -0.39 is 24.3 Å². The first kappa shape index (κ1) is 13.8. The topological polar surface area (TPSA) is 39.2 Å². The van der Waals surface area contributed by atoms with E-state index in [-0.39, 0.29) is 17.2 Å². The van der Waals surface area contributed by atoms with Crippen LogP contribution in [0.4, 0.5) is 13.2 Å². The molecule has 0 aliphatic heterocycles. The van der Waals surface area contributed by atoms with Gasteiger partial charge in [0.25, 0.3) is 0 Å². The fraction of sp³-hybridized carbons (Fsp3) is 0.400. The van der Waals surface area contributed by atoms with E-state index in [1.165, 1.54) is 0 Å². The minimum Gasteiger partial charge on any atom is -0.466 e. The van der Waals surface area contributed by atoms with Crippen LogP contribution in [-0.4, -0.2) is 17.6 Å². The number of carbonyl (C=O) groups excluding carboxylic acids is 1. The zero-order chi connectivity index (χ0) is 13.1. The van der Waals surface area contributed by atoms with Gasteiger partial charge in [0.05, 0.1) is 18.1 Å². The lowest BCUT2D eigenvalue weighted by Gasteiger charge is -2.11. The maximum absolute atomic E-state index is 12.6. The van der Waals surface area contributed by atoms with Gasteiger partial charge < -0.3 is 4.74 Å². The SMILES string of the molecule is CCOC(=O)Cc1cc(Cl)cnc1C(F)(F)F. The van der Waals surface area contributed by atoms with Crippen LogP contribution in [-0.2, 0) is 22.1 Å². The minimum atomic E-state index is -4.62. The molecule has 0 aliphatic rings. The predicted octanol–water partition coefficient (Wildman–Crippen LogP) is 2.86. The van der Waals surface area contributed by atoms with Crippen LogP contribution in [0.25, 0.3) is 0 Å². The molecule has 1 aromatic heterocycles. The Bertz CT molecular complexity index is 421. The number of carbonyl (C=O) groups is 1. The maximum Gasteiger partial charge on any atom is 0.433 e. The number of pyridine rings is 1. The molecule has 0 unspecified atom stereocenters. The van der Waals surface area contributed by atoms with Gasteiger partial charge in [-0.3, -0.25) is 4.79 Å². The lowest BCUT2D eigenvalue weighted by atomic mass is 10.1. The molecule has 0 fully saturated rings. The normalized spacial score (nSPS) is 11.4. The summed E-state index contributed by atoms with van der Waals surface area (Å²) in [7, 11) is 0. The number of halogens is 4. The summed E-state index contributed by atoms with van der Waals surface area (Å²) in [5.41, 5.74) is -1.40. The summed E-state index contributed by atoms with van der Waals surface area (Å²) >= 11 is 5.55. The molecule has 0 amide bonds. The van der Waals surface area contributed by atoms with Gasteiger partial charge in [-0.1, -0.05) is 11.6 Å². The highest BCUT2D eigenvalue weighted by Crippen LogP contribution is 2.31. The molecule has 0 bridgehead atoms. The van der Waals surface area contributed by atoms with Gasteiger partial charge >= 0.3 is 12.1 Å². The molecule has 1 rings (SSSR count). The maximum atomic E-state index is 12.6. The zero-order valence-electron chi connectivity index (χ0n) is 8.84. The third-order valence-electron chi connectivity index (χ3n) is 1.84. The third kappa shape index (κ3) is 3.89. The molecule has 0 radical (unpaired) electrons. The van der Waals surface area contributed by atoms with Crippen molar-refractivity contribution < 1.29 is 22.7 Å². The van der Waals surface area contributed by atoms with E-state index in [4.69, 9.17) is 11.6 Å². The Balaban J connectivity index is 3.04. The van der Waals surface area contributed by atoms with Gasteiger partial charge in [-0.15, -0.1) is 0 Å². The molecule has 0 N–H and O–H groups in total. The van der Waals surface area contributed by atoms with E-state index in [2.05, 4.69) is 9.72 Å². The van der Waals surface area contributed by atoms with Gasteiger partial charge in [0.15, 0.2) is 0 Å². The molecule has 3 nitrogen and oxygen atoms in total. The van der Waals surface area contributed by atoms with Crippen LogP contribution >= 0.6 is 11.6 Å². The molecular weight excluding hydrogens is 259 g/mol. The van der Waals surface area contributed by atoms with Crippen LogP contribution in [0.3, 0.4) is 0 Å². The van der Waals surface area contributed by atoms with Crippen molar-refractivity contribution in [3.05, 3.63) is 28.5 Å². The highest BCUT2D eigenvalue weighted by atomic mass is 35.5. The Hall–Kier alpha value is -1.30. The number of nitrogens with zero attached hydrogens (tertiary/aromatic N) is 1. The number of ether oxygens (including phenoxy) is 1. The Morgan fingerprint density at radius 1 is 1.53 bits per heavy atom. The van der Waals surface area contributed by atoms with E-state index in [1.54, 1.807) is 6.92 Å². The summed E-state index contributed by atoms with van der Waals surface area (Å²) in [6.07, 6.45) is -4.23. The number of rotatable bonds is 3. The van der Waals surface area contributed by atoms with Crippen LogP contribution in [0, 0.1) is 0 Å². The first-order valence-electron chi connectivity index (χ1n) is 4.71. The van der Waals surface area contributed by atoms with Crippen molar-refractivity contribution in [2.45, 2.75) is 19.5 Å². The minimum absolute atomic E-state index is 0.0392. The summed E-state index contributed by atoms with van der Waals surface area (Å²) in [6.45, 7) is 1.67. The van der Waals surface area contributed by atoms with E-state index in [0.29, 0.717) is 0 Å². The Morgan fingerprint density at radius 3 is 2.71 bits per heavy atom. The Labute approximate surface area is 101 Å². The molecule has 17 heavy (non-hydrogen) atoms. The van der Waals surface area contributed by atoms with E-state index in [9.17, 15) is 18.0 Å². The molecule has 1 heterocycles. The molecule has 0 atom stereocenters. The fourth-order valence-corrected chi connectivity index (χ4v) is 1.42. The smallest absolute Gasteiger partial charge is 0.433 e. The van der Waals surface area contributed by atoms with Crippen molar-refractivity contribution in [1.82, 2.24) is 4.98 Å². The number of hydrogen-bond donors (Lipinski definition) is 0. The van der Waals surface area contributed by atoms with Crippen molar-refractivity contribution >= 4 is 17.6 Å². The van der Waals surface area contributed by atoms with Gasteiger partial charge in [0, 0.05) is 6.20 Å². The molecular formula is C10H9ClF3NO2. The first-order valence-corrected chi connectivity index (χ1v) is 5.09. The standard InChI is InChI=1S/C10H9ClF3NO2/c1-2-17-8(16)4-6-3-7(11)5-15-9(6)10(12,13)14/h3,5H,2,4H2,1H3. The molecule has 7 heteroatoms. The molecule has 94 valence electrons. The summed E-state index contributed by atoms with van der Waals surface area (Å²) in [6, 6.07) is 1.06. The first-order chi connectivity index (χ1) is 7.84. The number of hydrogen-bond acceptors (Lipinski definition) is 3. The van der Waals surface area contributed by atoms with Crippen molar-refractivity contribution in [1.29, 1.82) is 0 Å².